The molecule has 2 N–H and O–H groups in total. The highest BCUT2D eigenvalue weighted by molar-refractivity contribution is 6.04. The topological polar surface area (TPSA) is 76.0 Å². The summed E-state index contributed by atoms with van der Waals surface area (Å²) in [5.74, 6) is -0.684. The van der Waals surface area contributed by atoms with Gasteiger partial charge in [-0.05, 0) is 37.0 Å². The van der Waals surface area contributed by atoms with Gasteiger partial charge in [-0.25, -0.2) is 9.37 Å². The van der Waals surface area contributed by atoms with E-state index in [0.717, 1.165) is 25.5 Å². The van der Waals surface area contributed by atoms with E-state index in [4.69, 9.17) is 0 Å². The van der Waals surface area contributed by atoms with Gasteiger partial charge in [0.2, 0.25) is 5.91 Å². The summed E-state index contributed by atoms with van der Waals surface area (Å²) < 4.78 is 15.5. The van der Waals surface area contributed by atoms with Gasteiger partial charge in [-0.2, -0.15) is 0 Å². The van der Waals surface area contributed by atoms with Crippen molar-refractivity contribution in [1.82, 2.24) is 14.9 Å². The van der Waals surface area contributed by atoms with Crippen LogP contribution in [-0.2, 0) is 11.3 Å². The molecule has 25 heavy (non-hydrogen) atoms. The van der Waals surface area contributed by atoms with E-state index in [9.17, 15) is 14.0 Å². The normalized spacial score (nSPS) is 18.6. The number of aryl methyl sites for hydroxylation is 1. The predicted octanol–water partition coefficient (Wildman–Crippen LogP) is 2.44. The highest BCUT2D eigenvalue weighted by Gasteiger charge is 2.39. The van der Waals surface area contributed by atoms with E-state index in [0.29, 0.717) is 18.2 Å². The maximum atomic E-state index is 13.5. The molecule has 1 saturated carbocycles. The molecule has 0 spiro atoms. The van der Waals surface area contributed by atoms with Crippen molar-refractivity contribution in [1.29, 1.82) is 0 Å². The van der Waals surface area contributed by atoms with Crippen LogP contribution >= 0.6 is 0 Å². The molecule has 0 aliphatic heterocycles. The number of hydrogen-bond donors (Lipinski definition) is 2. The minimum Gasteiger partial charge on any atom is -0.352 e. The molecule has 1 fully saturated rings. The lowest BCUT2D eigenvalue weighted by atomic mass is 10.1. The molecule has 7 heteroatoms. The van der Waals surface area contributed by atoms with Crippen LogP contribution in [0.1, 0.15) is 30.1 Å². The third-order valence-corrected chi connectivity index (χ3v) is 4.37. The number of aromatic nitrogens is 2. The van der Waals surface area contributed by atoms with Crippen LogP contribution in [0.15, 0.2) is 36.9 Å². The fourth-order valence-corrected chi connectivity index (χ4v) is 2.70. The zero-order valence-corrected chi connectivity index (χ0v) is 14.0. The van der Waals surface area contributed by atoms with Crippen molar-refractivity contribution in [2.75, 3.05) is 11.9 Å². The Morgan fingerprint density at radius 2 is 2.20 bits per heavy atom. The summed E-state index contributed by atoms with van der Waals surface area (Å²) in [6, 6.07) is 3.82. The van der Waals surface area contributed by atoms with Crippen LogP contribution in [-0.4, -0.2) is 27.9 Å². The molecule has 2 atom stereocenters. The molecule has 132 valence electrons. The number of halogens is 1. The van der Waals surface area contributed by atoms with Gasteiger partial charge in [-0.1, -0.05) is 6.92 Å². The highest BCUT2D eigenvalue weighted by Crippen LogP contribution is 2.38. The third kappa shape index (κ3) is 4.43. The second kappa shape index (κ2) is 7.46. The molecule has 1 aromatic carbocycles. The van der Waals surface area contributed by atoms with Gasteiger partial charge in [0.1, 0.15) is 5.82 Å². The number of nitrogens with one attached hydrogen (secondary N) is 2. The maximum absolute atomic E-state index is 13.5. The SMILES string of the molecule is C[C@H]1C[C@@H]1C(=O)Nc1ccc(F)cc1C(=O)NCCCn1ccnc1. The zero-order chi connectivity index (χ0) is 17.8. The summed E-state index contributed by atoms with van der Waals surface area (Å²) in [5.41, 5.74) is 0.488. The molecule has 6 nitrogen and oxygen atoms in total. The first kappa shape index (κ1) is 17.1. The Bertz CT molecular complexity index is 760. The van der Waals surface area contributed by atoms with E-state index in [1.807, 2.05) is 17.7 Å². The number of carbonyl (C=O) groups excluding carboxylic acids is 2. The summed E-state index contributed by atoms with van der Waals surface area (Å²) in [5, 5.41) is 5.51. The number of hydrogen-bond acceptors (Lipinski definition) is 3. The quantitative estimate of drug-likeness (QED) is 0.758. The molecule has 2 aromatic rings. The molecule has 1 aromatic heterocycles. The van der Waals surface area contributed by atoms with Gasteiger partial charge in [-0.3, -0.25) is 9.59 Å². The number of imidazole rings is 1. The van der Waals surface area contributed by atoms with Crippen LogP contribution in [0, 0.1) is 17.7 Å². The first-order valence-corrected chi connectivity index (χ1v) is 8.39. The van der Waals surface area contributed by atoms with Crippen LogP contribution in [0.2, 0.25) is 0 Å². The summed E-state index contributed by atoms with van der Waals surface area (Å²) in [6.45, 7) is 3.18. The second-order valence-corrected chi connectivity index (χ2v) is 6.41. The number of amides is 2. The van der Waals surface area contributed by atoms with Crippen molar-refractivity contribution < 1.29 is 14.0 Å². The molecule has 0 unspecified atom stereocenters. The molecule has 1 aliphatic carbocycles. The number of nitrogens with zero attached hydrogens (tertiary/aromatic N) is 2. The molecular weight excluding hydrogens is 323 g/mol. The van der Waals surface area contributed by atoms with E-state index >= 15 is 0 Å². The number of benzene rings is 1. The van der Waals surface area contributed by atoms with Crippen molar-refractivity contribution in [2.24, 2.45) is 11.8 Å². The maximum Gasteiger partial charge on any atom is 0.253 e. The van der Waals surface area contributed by atoms with Crippen molar-refractivity contribution >= 4 is 17.5 Å². The van der Waals surface area contributed by atoms with Gasteiger partial charge in [0, 0.05) is 31.4 Å². The first-order chi connectivity index (χ1) is 12.0. The summed E-state index contributed by atoms with van der Waals surface area (Å²) in [7, 11) is 0. The Hall–Kier alpha value is -2.70. The van der Waals surface area contributed by atoms with E-state index < -0.39 is 11.7 Å². The van der Waals surface area contributed by atoms with Crippen LogP contribution in [0.25, 0.3) is 0 Å². The van der Waals surface area contributed by atoms with Crippen LogP contribution in [0.3, 0.4) is 0 Å². The molecule has 0 bridgehead atoms. The Kier molecular flexibility index (Phi) is 5.11. The first-order valence-electron chi connectivity index (χ1n) is 8.39. The van der Waals surface area contributed by atoms with Crippen molar-refractivity contribution in [3.8, 4) is 0 Å². The van der Waals surface area contributed by atoms with Gasteiger partial charge >= 0.3 is 0 Å². The molecule has 0 radical (unpaired) electrons. The van der Waals surface area contributed by atoms with Crippen molar-refractivity contribution in [3.63, 3.8) is 0 Å². The Morgan fingerprint density at radius 1 is 1.40 bits per heavy atom. The van der Waals surface area contributed by atoms with Gasteiger partial charge in [0.25, 0.3) is 5.91 Å². The van der Waals surface area contributed by atoms with Gasteiger partial charge in [0.05, 0.1) is 17.6 Å². The lowest BCUT2D eigenvalue weighted by molar-refractivity contribution is -0.117. The van der Waals surface area contributed by atoms with Gasteiger partial charge in [-0.15, -0.1) is 0 Å². The van der Waals surface area contributed by atoms with Crippen LogP contribution < -0.4 is 10.6 Å². The second-order valence-electron chi connectivity index (χ2n) is 6.41. The van der Waals surface area contributed by atoms with Crippen LogP contribution in [0.4, 0.5) is 10.1 Å². The molecule has 3 rings (SSSR count). The summed E-state index contributed by atoms with van der Waals surface area (Å²) >= 11 is 0. The fraction of sp³-hybridized carbons (Fsp3) is 0.389. The third-order valence-electron chi connectivity index (χ3n) is 4.37. The average molecular weight is 344 g/mol. The van der Waals surface area contributed by atoms with E-state index in [2.05, 4.69) is 15.6 Å². The highest BCUT2D eigenvalue weighted by atomic mass is 19.1. The lowest BCUT2D eigenvalue weighted by Gasteiger charge is -2.12. The van der Waals surface area contributed by atoms with Crippen LogP contribution in [0.5, 0.6) is 0 Å². The Balaban J connectivity index is 1.58. The smallest absolute Gasteiger partial charge is 0.253 e. The molecule has 0 saturated heterocycles. The van der Waals surface area contributed by atoms with Crippen molar-refractivity contribution in [3.05, 3.63) is 48.3 Å². The van der Waals surface area contributed by atoms with E-state index in [1.54, 1.807) is 12.5 Å². The standard InChI is InChI=1S/C18H21FN4O2/c1-12-9-14(12)18(25)22-16-4-3-13(19)10-15(16)17(24)21-5-2-7-23-8-6-20-11-23/h3-4,6,8,10-12,14H,2,5,7,9H2,1H3,(H,21,24)(H,22,25)/t12-,14-/m0/s1. The predicted molar refractivity (Wildman–Crippen MR) is 91.5 cm³/mol. The summed E-state index contributed by atoms with van der Waals surface area (Å²) in [4.78, 5) is 28.4. The Morgan fingerprint density at radius 3 is 2.88 bits per heavy atom. The zero-order valence-electron chi connectivity index (χ0n) is 14.0. The monoisotopic (exact) mass is 344 g/mol. The molecule has 1 heterocycles. The molecule has 1 aliphatic rings. The minimum absolute atomic E-state index is 0.0175. The van der Waals surface area contributed by atoms with E-state index in [1.165, 1.54) is 12.1 Å². The van der Waals surface area contributed by atoms with Gasteiger partial charge in [0.15, 0.2) is 0 Å². The number of rotatable bonds is 7. The fourth-order valence-electron chi connectivity index (χ4n) is 2.70. The molecular formula is C18H21FN4O2. The number of carbonyl (C=O) groups is 2. The minimum atomic E-state index is -0.513. The van der Waals surface area contributed by atoms with Crippen molar-refractivity contribution in [2.45, 2.75) is 26.3 Å². The molecule has 2 amide bonds. The number of anilines is 1. The summed E-state index contributed by atoms with van der Waals surface area (Å²) in [6.07, 6.45) is 6.82. The average Bonchev–Trinajstić information content (AvgIpc) is 3.10. The largest absolute Gasteiger partial charge is 0.352 e. The van der Waals surface area contributed by atoms with Gasteiger partial charge < -0.3 is 15.2 Å². The Labute approximate surface area is 145 Å². The lowest BCUT2D eigenvalue weighted by Crippen LogP contribution is -2.27. The van der Waals surface area contributed by atoms with E-state index in [-0.39, 0.29) is 17.4 Å².